The lowest BCUT2D eigenvalue weighted by atomic mass is 9.84. The Morgan fingerprint density at radius 1 is 1.12 bits per heavy atom. The van der Waals surface area contributed by atoms with Crippen molar-refractivity contribution in [2.75, 3.05) is 25.5 Å². The number of likely N-dealkylation sites (tertiary alicyclic amines) is 1. The number of carbonyl (C=O) groups excluding carboxylic acids is 3. The first-order chi connectivity index (χ1) is 15.8. The smallest absolute Gasteiger partial charge is 0.251 e. The topological polar surface area (TPSA) is 114 Å². The number of benzene rings is 1. The van der Waals surface area contributed by atoms with E-state index in [2.05, 4.69) is 26.9 Å². The van der Waals surface area contributed by atoms with Gasteiger partial charge in [-0.3, -0.25) is 14.4 Å². The molecule has 0 radical (unpaired) electrons. The van der Waals surface area contributed by atoms with Crippen LogP contribution in [-0.2, 0) is 9.59 Å². The number of nitrogens with one attached hydrogen (secondary N) is 3. The number of nitrogens with zero attached hydrogens (tertiary/aromatic N) is 2. The van der Waals surface area contributed by atoms with Crippen LogP contribution in [0.3, 0.4) is 0 Å². The van der Waals surface area contributed by atoms with Gasteiger partial charge in [0, 0.05) is 31.3 Å². The first-order valence-corrected chi connectivity index (χ1v) is 11.9. The van der Waals surface area contributed by atoms with Crippen molar-refractivity contribution in [3.8, 4) is 6.07 Å². The highest BCUT2D eigenvalue weighted by Gasteiger charge is 2.38. The summed E-state index contributed by atoms with van der Waals surface area (Å²) in [5.74, 6) is -0.422. The minimum atomic E-state index is -0.890. The fourth-order valence-electron chi connectivity index (χ4n) is 4.73. The molecular formula is C25H35N5O3. The Labute approximate surface area is 196 Å². The van der Waals surface area contributed by atoms with E-state index in [0.29, 0.717) is 36.4 Å². The molecule has 1 aliphatic carbocycles. The van der Waals surface area contributed by atoms with Crippen LogP contribution < -0.4 is 16.0 Å². The third-order valence-electron chi connectivity index (χ3n) is 6.80. The second-order valence-electron chi connectivity index (χ2n) is 9.51. The molecule has 1 aromatic carbocycles. The van der Waals surface area contributed by atoms with Crippen molar-refractivity contribution in [2.45, 2.75) is 69.9 Å². The molecule has 1 aromatic rings. The van der Waals surface area contributed by atoms with Crippen LogP contribution in [0.15, 0.2) is 24.3 Å². The molecule has 1 saturated heterocycles. The molecule has 8 heteroatoms. The maximum Gasteiger partial charge on any atom is 0.251 e. The van der Waals surface area contributed by atoms with E-state index in [1.807, 2.05) is 7.05 Å². The molecule has 3 amide bonds. The molecule has 0 bridgehead atoms. The maximum absolute atomic E-state index is 13.3. The highest BCUT2D eigenvalue weighted by atomic mass is 16.2. The molecular weight excluding hydrogens is 418 g/mol. The summed E-state index contributed by atoms with van der Waals surface area (Å²) in [5, 5.41) is 18.4. The Morgan fingerprint density at radius 3 is 2.33 bits per heavy atom. The molecule has 2 fully saturated rings. The van der Waals surface area contributed by atoms with Crippen LogP contribution in [0.5, 0.6) is 0 Å². The quantitative estimate of drug-likeness (QED) is 0.587. The molecule has 0 aromatic heterocycles. The fraction of sp³-hybridized carbons (Fsp3) is 0.600. The van der Waals surface area contributed by atoms with Crippen LogP contribution in [0.4, 0.5) is 5.69 Å². The van der Waals surface area contributed by atoms with Crippen LogP contribution in [0, 0.1) is 17.2 Å². The molecule has 1 aliphatic heterocycles. The fourth-order valence-corrected chi connectivity index (χ4v) is 4.73. The van der Waals surface area contributed by atoms with Gasteiger partial charge in [-0.15, -0.1) is 0 Å². The lowest BCUT2D eigenvalue weighted by Gasteiger charge is -2.37. The zero-order valence-corrected chi connectivity index (χ0v) is 19.7. The van der Waals surface area contributed by atoms with Gasteiger partial charge >= 0.3 is 0 Å². The van der Waals surface area contributed by atoms with Crippen molar-refractivity contribution in [1.29, 1.82) is 5.26 Å². The molecule has 1 unspecified atom stereocenters. The number of piperidine rings is 1. The molecule has 1 heterocycles. The van der Waals surface area contributed by atoms with Crippen molar-refractivity contribution >= 4 is 23.4 Å². The van der Waals surface area contributed by atoms with Crippen LogP contribution in [0.2, 0.25) is 0 Å². The first kappa shape index (κ1) is 24.7. The van der Waals surface area contributed by atoms with E-state index in [1.165, 1.54) is 13.3 Å². The van der Waals surface area contributed by atoms with E-state index in [9.17, 15) is 19.6 Å². The average Bonchev–Trinajstić information content (AvgIpc) is 2.81. The monoisotopic (exact) mass is 453 g/mol. The minimum absolute atomic E-state index is 0.184. The van der Waals surface area contributed by atoms with Crippen LogP contribution >= 0.6 is 0 Å². The summed E-state index contributed by atoms with van der Waals surface area (Å²) in [7, 11) is 2.01. The second kappa shape index (κ2) is 11.3. The first-order valence-electron chi connectivity index (χ1n) is 11.9. The summed E-state index contributed by atoms with van der Waals surface area (Å²) in [5.41, 5.74) is 0.132. The van der Waals surface area contributed by atoms with Gasteiger partial charge in [0.2, 0.25) is 11.8 Å². The highest BCUT2D eigenvalue weighted by Crippen LogP contribution is 2.28. The summed E-state index contributed by atoms with van der Waals surface area (Å²) in [4.78, 5) is 39.7. The number of amides is 3. The van der Waals surface area contributed by atoms with Crippen molar-refractivity contribution in [1.82, 2.24) is 15.5 Å². The number of rotatable bonds is 7. The SMILES string of the molecule is CC(=O)Nc1ccc(C(=O)NC(CC2CCCCC2)C(=O)NC2(C#N)CCN(C)CC2)cc1. The Morgan fingerprint density at radius 2 is 1.76 bits per heavy atom. The summed E-state index contributed by atoms with van der Waals surface area (Å²) in [6.07, 6.45) is 7.33. The van der Waals surface area contributed by atoms with Gasteiger partial charge < -0.3 is 20.9 Å². The van der Waals surface area contributed by atoms with E-state index in [-0.39, 0.29) is 17.7 Å². The molecule has 0 spiro atoms. The van der Waals surface area contributed by atoms with E-state index >= 15 is 0 Å². The predicted octanol–water partition coefficient (Wildman–Crippen LogP) is 2.82. The van der Waals surface area contributed by atoms with Gasteiger partial charge in [-0.25, -0.2) is 0 Å². The largest absolute Gasteiger partial charge is 0.340 e. The van der Waals surface area contributed by atoms with Gasteiger partial charge in [0.15, 0.2) is 0 Å². The third-order valence-corrected chi connectivity index (χ3v) is 6.80. The van der Waals surface area contributed by atoms with Gasteiger partial charge in [0.05, 0.1) is 6.07 Å². The lowest BCUT2D eigenvalue weighted by Crippen LogP contribution is -2.58. The van der Waals surface area contributed by atoms with Gasteiger partial charge in [-0.2, -0.15) is 5.26 Å². The zero-order chi connectivity index (χ0) is 23.8. The minimum Gasteiger partial charge on any atom is -0.340 e. The number of hydrogen-bond acceptors (Lipinski definition) is 5. The van der Waals surface area contributed by atoms with Crippen molar-refractivity contribution in [2.24, 2.45) is 5.92 Å². The van der Waals surface area contributed by atoms with Crippen molar-refractivity contribution in [3.05, 3.63) is 29.8 Å². The molecule has 33 heavy (non-hydrogen) atoms. The van der Waals surface area contributed by atoms with Crippen LogP contribution in [0.1, 0.15) is 68.6 Å². The van der Waals surface area contributed by atoms with Gasteiger partial charge in [0.25, 0.3) is 5.91 Å². The highest BCUT2D eigenvalue weighted by molar-refractivity contribution is 5.98. The Hall–Kier alpha value is -2.92. The Bertz CT molecular complexity index is 878. The van der Waals surface area contributed by atoms with Crippen molar-refractivity contribution < 1.29 is 14.4 Å². The predicted molar refractivity (Wildman–Crippen MR) is 126 cm³/mol. The summed E-state index contributed by atoms with van der Waals surface area (Å²) in [6.45, 7) is 2.91. The molecule has 1 atom stereocenters. The van der Waals surface area contributed by atoms with E-state index < -0.39 is 11.6 Å². The number of hydrogen-bond donors (Lipinski definition) is 3. The molecule has 2 aliphatic rings. The molecule has 3 N–H and O–H groups in total. The standard InChI is InChI=1S/C25H35N5O3/c1-18(31)27-21-10-8-20(9-11-21)23(32)28-22(16-19-6-4-3-5-7-19)24(33)29-25(17-26)12-14-30(2)15-13-25/h8-11,19,22H,3-7,12-16H2,1-2H3,(H,27,31)(H,28,32)(H,29,33). The Kier molecular flexibility index (Phi) is 8.45. The van der Waals surface area contributed by atoms with Crippen LogP contribution in [-0.4, -0.2) is 54.3 Å². The maximum atomic E-state index is 13.3. The van der Waals surface area contributed by atoms with E-state index in [4.69, 9.17) is 0 Å². The van der Waals surface area contributed by atoms with Gasteiger partial charge in [-0.1, -0.05) is 32.1 Å². The molecule has 178 valence electrons. The molecule has 1 saturated carbocycles. The lowest BCUT2D eigenvalue weighted by molar-refractivity contribution is -0.125. The number of carbonyl (C=O) groups is 3. The second-order valence-corrected chi connectivity index (χ2v) is 9.51. The van der Waals surface area contributed by atoms with Gasteiger partial charge in [-0.05, 0) is 56.5 Å². The normalized spacial score (nSPS) is 19.7. The molecule has 3 rings (SSSR count). The van der Waals surface area contributed by atoms with Gasteiger partial charge in [0.1, 0.15) is 11.6 Å². The number of nitriles is 1. The summed E-state index contributed by atoms with van der Waals surface area (Å²) < 4.78 is 0. The summed E-state index contributed by atoms with van der Waals surface area (Å²) in [6, 6.07) is 8.22. The summed E-state index contributed by atoms with van der Waals surface area (Å²) >= 11 is 0. The average molecular weight is 454 g/mol. The Balaban J connectivity index is 1.71. The van der Waals surface area contributed by atoms with E-state index in [1.54, 1.807) is 24.3 Å². The zero-order valence-electron chi connectivity index (χ0n) is 19.7. The van der Waals surface area contributed by atoms with Crippen molar-refractivity contribution in [3.63, 3.8) is 0 Å². The van der Waals surface area contributed by atoms with E-state index in [0.717, 1.165) is 38.8 Å². The third kappa shape index (κ3) is 7.03. The van der Waals surface area contributed by atoms with Crippen LogP contribution in [0.25, 0.3) is 0 Å². The molecule has 8 nitrogen and oxygen atoms in total. The number of anilines is 1.